The summed E-state index contributed by atoms with van der Waals surface area (Å²) in [4.78, 5) is 12.4. The van der Waals surface area contributed by atoms with Gasteiger partial charge in [0.15, 0.2) is 12.4 Å². The summed E-state index contributed by atoms with van der Waals surface area (Å²) in [6, 6.07) is 8.53. The summed E-state index contributed by atoms with van der Waals surface area (Å²) >= 11 is 0. The first-order chi connectivity index (χ1) is 13.4. The van der Waals surface area contributed by atoms with E-state index in [2.05, 4.69) is 5.32 Å². The van der Waals surface area contributed by atoms with Crippen molar-refractivity contribution in [2.75, 3.05) is 25.5 Å². The molecule has 2 heterocycles. The van der Waals surface area contributed by atoms with Gasteiger partial charge in [-0.15, -0.1) is 0 Å². The summed E-state index contributed by atoms with van der Waals surface area (Å²) in [5.74, 6) is 0.0387. The second-order valence-corrected chi connectivity index (χ2v) is 8.83. The Bertz CT molecular complexity index is 936. The van der Waals surface area contributed by atoms with Crippen LogP contribution in [0, 0.1) is 6.92 Å². The zero-order valence-electron chi connectivity index (χ0n) is 16.2. The number of hydrogen-bond donors (Lipinski definition) is 1. The molecular formula is C20H26N3O4S+. The molecule has 0 spiro atoms. The maximum Gasteiger partial charge on any atom is 0.290 e. The average Bonchev–Trinajstić information content (AvgIpc) is 2.70. The summed E-state index contributed by atoms with van der Waals surface area (Å²) in [6.45, 7) is 3.13. The molecule has 1 N–H and O–H groups in total. The van der Waals surface area contributed by atoms with E-state index in [9.17, 15) is 13.2 Å². The molecule has 1 aliphatic rings. The highest BCUT2D eigenvalue weighted by atomic mass is 32.2. The van der Waals surface area contributed by atoms with E-state index in [0.717, 1.165) is 24.8 Å². The number of nitrogens with zero attached hydrogens (tertiary/aromatic N) is 2. The average molecular weight is 405 g/mol. The number of aryl methyl sites for hydroxylation is 1. The first-order valence-corrected chi connectivity index (χ1v) is 10.8. The lowest BCUT2D eigenvalue weighted by atomic mass is 10.2. The third kappa shape index (κ3) is 4.69. The van der Waals surface area contributed by atoms with Crippen LogP contribution < -0.4 is 14.6 Å². The van der Waals surface area contributed by atoms with Crippen LogP contribution in [0.5, 0.6) is 5.75 Å². The molecule has 1 aliphatic heterocycles. The number of anilines is 1. The van der Waals surface area contributed by atoms with Crippen LogP contribution in [0.1, 0.15) is 24.8 Å². The minimum Gasteiger partial charge on any atom is -0.495 e. The molecule has 0 atom stereocenters. The number of piperidine rings is 1. The highest BCUT2D eigenvalue weighted by molar-refractivity contribution is 7.89. The number of benzene rings is 1. The number of rotatable bonds is 6. The molecule has 1 aromatic carbocycles. The molecule has 1 fully saturated rings. The van der Waals surface area contributed by atoms with Gasteiger partial charge in [0.1, 0.15) is 10.6 Å². The van der Waals surface area contributed by atoms with Crippen LogP contribution in [0.4, 0.5) is 5.69 Å². The first kappa shape index (κ1) is 20.3. The number of sulfonamides is 1. The largest absolute Gasteiger partial charge is 0.495 e. The van der Waals surface area contributed by atoms with Crippen molar-refractivity contribution < 1.29 is 22.5 Å². The Morgan fingerprint density at radius 3 is 2.46 bits per heavy atom. The van der Waals surface area contributed by atoms with Gasteiger partial charge in [-0.1, -0.05) is 6.42 Å². The molecular weight excluding hydrogens is 378 g/mol. The molecule has 8 heteroatoms. The minimum atomic E-state index is -3.67. The SMILES string of the molecule is COc1ccc(NC(=O)C[n+]2ccc(C)cc2)cc1S(=O)(=O)N1CCCCC1. The van der Waals surface area contributed by atoms with Crippen molar-refractivity contribution in [2.24, 2.45) is 0 Å². The number of pyridine rings is 1. The molecule has 3 rings (SSSR count). The number of amides is 1. The second-order valence-electron chi connectivity index (χ2n) is 6.93. The van der Waals surface area contributed by atoms with Crippen LogP contribution in [0.15, 0.2) is 47.6 Å². The summed E-state index contributed by atoms with van der Waals surface area (Å²) in [6.07, 6.45) is 6.40. The van der Waals surface area contributed by atoms with Gasteiger partial charge in [-0.3, -0.25) is 4.79 Å². The second kappa shape index (κ2) is 8.70. The fourth-order valence-electron chi connectivity index (χ4n) is 3.20. The third-order valence-corrected chi connectivity index (χ3v) is 6.68. The van der Waals surface area contributed by atoms with Gasteiger partial charge in [0, 0.05) is 30.9 Å². The lowest BCUT2D eigenvalue weighted by molar-refractivity contribution is -0.684. The molecule has 1 amide bonds. The van der Waals surface area contributed by atoms with Gasteiger partial charge in [-0.25, -0.2) is 8.42 Å². The van der Waals surface area contributed by atoms with E-state index >= 15 is 0 Å². The van der Waals surface area contributed by atoms with Crippen molar-refractivity contribution in [3.05, 3.63) is 48.3 Å². The van der Waals surface area contributed by atoms with Crippen molar-refractivity contribution in [2.45, 2.75) is 37.6 Å². The molecule has 0 aliphatic carbocycles. The van der Waals surface area contributed by atoms with E-state index in [1.54, 1.807) is 16.7 Å². The van der Waals surface area contributed by atoms with E-state index in [4.69, 9.17) is 4.74 Å². The van der Waals surface area contributed by atoms with Crippen molar-refractivity contribution >= 4 is 21.6 Å². The molecule has 1 aromatic heterocycles. The highest BCUT2D eigenvalue weighted by Gasteiger charge is 2.29. The molecule has 0 bridgehead atoms. The standard InChI is InChI=1S/C20H25N3O4S/c1-16-8-12-22(13-9-16)15-20(24)21-17-6-7-18(27-2)19(14-17)28(25,26)23-10-4-3-5-11-23/h6-9,12-14H,3-5,10-11,15H2,1-2H3/p+1. The number of nitrogens with one attached hydrogen (secondary N) is 1. The normalized spacial score (nSPS) is 15.2. The first-order valence-electron chi connectivity index (χ1n) is 9.34. The lowest BCUT2D eigenvalue weighted by Gasteiger charge is -2.26. The van der Waals surface area contributed by atoms with E-state index in [1.165, 1.54) is 17.5 Å². The van der Waals surface area contributed by atoms with Gasteiger partial charge < -0.3 is 10.1 Å². The summed E-state index contributed by atoms with van der Waals surface area (Å²) in [7, 11) is -2.23. The summed E-state index contributed by atoms with van der Waals surface area (Å²) < 4.78 is 34.6. The van der Waals surface area contributed by atoms with Gasteiger partial charge in [0.25, 0.3) is 5.91 Å². The minimum absolute atomic E-state index is 0.0812. The molecule has 2 aromatic rings. The fourth-order valence-corrected chi connectivity index (χ4v) is 4.90. The number of hydrogen-bond acceptors (Lipinski definition) is 4. The molecule has 0 saturated carbocycles. The van der Waals surface area contributed by atoms with Crippen LogP contribution in [-0.4, -0.2) is 38.8 Å². The Balaban J connectivity index is 1.80. The van der Waals surface area contributed by atoms with Crippen molar-refractivity contribution in [1.29, 1.82) is 0 Å². The Morgan fingerprint density at radius 2 is 1.82 bits per heavy atom. The molecule has 7 nitrogen and oxygen atoms in total. The van der Waals surface area contributed by atoms with Gasteiger partial charge in [-0.2, -0.15) is 8.87 Å². The molecule has 1 saturated heterocycles. The molecule has 0 unspecified atom stereocenters. The smallest absolute Gasteiger partial charge is 0.290 e. The van der Waals surface area contributed by atoms with Crippen LogP contribution in [0.3, 0.4) is 0 Å². The van der Waals surface area contributed by atoms with Crippen LogP contribution in [-0.2, 0) is 21.4 Å². The Labute approximate surface area is 166 Å². The van der Waals surface area contributed by atoms with Crippen molar-refractivity contribution in [3.8, 4) is 5.75 Å². The van der Waals surface area contributed by atoms with E-state index in [0.29, 0.717) is 18.8 Å². The van der Waals surface area contributed by atoms with Crippen LogP contribution in [0.2, 0.25) is 0 Å². The van der Waals surface area contributed by atoms with Gasteiger partial charge >= 0.3 is 0 Å². The zero-order chi connectivity index (χ0) is 20.1. The number of ether oxygens (including phenoxy) is 1. The zero-order valence-corrected chi connectivity index (χ0v) is 17.0. The maximum atomic E-state index is 13.1. The van der Waals surface area contributed by atoms with Gasteiger partial charge in [-0.05, 0) is 43.5 Å². The van der Waals surface area contributed by atoms with E-state index in [-0.39, 0.29) is 23.1 Å². The number of methoxy groups -OCH3 is 1. The maximum absolute atomic E-state index is 13.1. The Morgan fingerprint density at radius 1 is 1.14 bits per heavy atom. The number of aromatic nitrogens is 1. The fraction of sp³-hybridized carbons (Fsp3) is 0.400. The predicted molar refractivity (Wildman–Crippen MR) is 106 cm³/mol. The number of carbonyl (C=O) groups is 1. The Kier molecular flexibility index (Phi) is 6.31. The third-order valence-electron chi connectivity index (χ3n) is 4.76. The Hall–Kier alpha value is -2.45. The topological polar surface area (TPSA) is 79.6 Å². The lowest BCUT2D eigenvalue weighted by Crippen LogP contribution is -2.39. The molecule has 150 valence electrons. The molecule has 28 heavy (non-hydrogen) atoms. The quantitative estimate of drug-likeness (QED) is 0.748. The van der Waals surface area contributed by atoms with Gasteiger partial charge in [0.05, 0.1) is 7.11 Å². The summed E-state index contributed by atoms with van der Waals surface area (Å²) in [5.41, 5.74) is 1.54. The summed E-state index contributed by atoms with van der Waals surface area (Å²) in [5, 5.41) is 2.77. The highest BCUT2D eigenvalue weighted by Crippen LogP contribution is 2.31. The van der Waals surface area contributed by atoms with Crippen LogP contribution in [0.25, 0.3) is 0 Å². The van der Waals surface area contributed by atoms with E-state index < -0.39 is 10.0 Å². The predicted octanol–water partition coefficient (Wildman–Crippen LogP) is 2.10. The van der Waals surface area contributed by atoms with Gasteiger partial charge in [0.2, 0.25) is 16.6 Å². The van der Waals surface area contributed by atoms with Crippen molar-refractivity contribution in [1.82, 2.24) is 4.31 Å². The van der Waals surface area contributed by atoms with Crippen LogP contribution >= 0.6 is 0 Å². The van der Waals surface area contributed by atoms with E-state index in [1.807, 2.05) is 31.5 Å². The molecule has 0 radical (unpaired) electrons. The van der Waals surface area contributed by atoms with Crippen molar-refractivity contribution in [3.63, 3.8) is 0 Å². The number of carbonyl (C=O) groups excluding carboxylic acids is 1. The monoisotopic (exact) mass is 404 g/mol.